The lowest BCUT2D eigenvalue weighted by atomic mass is 10.1. The van der Waals surface area contributed by atoms with E-state index in [1.165, 1.54) is 0 Å². The summed E-state index contributed by atoms with van der Waals surface area (Å²) in [7, 11) is 3.93. The molecular weight excluding hydrogens is 280 g/mol. The Morgan fingerprint density at radius 1 is 1.36 bits per heavy atom. The van der Waals surface area contributed by atoms with Crippen LogP contribution in [-0.4, -0.2) is 43.2 Å². The second-order valence-electron chi connectivity index (χ2n) is 6.48. The van der Waals surface area contributed by atoms with Gasteiger partial charge in [-0.2, -0.15) is 0 Å². The van der Waals surface area contributed by atoms with Gasteiger partial charge in [0.1, 0.15) is 5.58 Å². The number of aliphatic hydroxyl groups excluding tert-OH is 1. The van der Waals surface area contributed by atoms with E-state index in [9.17, 15) is 9.90 Å². The summed E-state index contributed by atoms with van der Waals surface area (Å²) in [6.07, 6.45) is 1.93. The van der Waals surface area contributed by atoms with E-state index in [4.69, 9.17) is 4.42 Å². The molecule has 22 heavy (non-hydrogen) atoms. The number of benzene rings is 1. The smallest absolute Gasteiger partial charge is 0.287 e. The minimum absolute atomic E-state index is 0.108. The molecule has 0 radical (unpaired) electrons. The summed E-state index contributed by atoms with van der Waals surface area (Å²) in [5, 5.41) is 13.2. The SMILES string of the molecule is CN(C)Cc1c(C(=O)NCC2(CO)CC2)oc2ccccc12. The van der Waals surface area contributed by atoms with Gasteiger partial charge in [0.25, 0.3) is 5.91 Å². The van der Waals surface area contributed by atoms with Crippen molar-refractivity contribution in [3.63, 3.8) is 0 Å². The van der Waals surface area contributed by atoms with Gasteiger partial charge in [-0.1, -0.05) is 18.2 Å². The first-order chi connectivity index (χ1) is 10.5. The molecule has 0 atom stereocenters. The van der Waals surface area contributed by atoms with Crippen LogP contribution in [0.3, 0.4) is 0 Å². The summed E-state index contributed by atoms with van der Waals surface area (Å²) in [6, 6.07) is 7.70. The molecule has 1 aromatic carbocycles. The molecule has 1 aliphatic carbocycles. The van der Waals surface area contributed by atoms with Crippen LogP contribution in [-0.2, 0) is 6.54 Å². The minimum atomic E-state index is -0.201. The van der Waals surface area contributed by atoms with Crippen molar-refractivity contribution in [3.8, 4) is 0 Å². The Hall–Kier alpha value is -1.85. The number of rotatable bonds is 6. The molecule has 2 N–H and O–H groups in total. The minimum Gasteiger partial charge on any atom is -0.451 e. The summed E-state index contributed by atoms with van der Waals surface area (Å²) < 4.78 is 5.78. The first-order valence-electron chi connectivity index (χ1n) is 7.59. The largest absolute Gasteiger partial charge is 0.451 e. The molecule has 1 aliphatic rings. The number of furan rings is 1. The quantitative estimate of drug-likeness (QED) is 0.856. The van der Waals surface area contributed by atoms with Crippen LogP contribution in [0.5, 0.6) is 0 Å². The molecule has 1 fully saturated rings. The molecule has 0 saturated heterocycles. The van der Waals surface area contributed by atoms with Gasteiger partial charge in [-0.15, -0.1) is 0 Å². The molecule has 5 heteroatoms. The van der Waals surface area contributed by atoms with Gasteiger partial charge < -0.3 is 19.7 Å². The summed E-state index contributed by atoms with van der Waals surface area (Å²) in [6.45, 7) is 1.27. The molecule has 0 spiro atoms. The highest BCUT2D eigenvalue weighted by atomic mass is 16.3. The molecular formula is C17H22N2O3. The Bertz CT molecular complexity index is 686. The third-order valence-electron chi connectivity index (χ3n) is 4.30. The molecule has 3 rings (SSSR count). The Kier molecular flexibility index (Phi) is 3.93. The number of carbonyl (C=O) groups excluding carboxylic acids is 1. The summed E-state index contributed by atoms with van der Waals surface area (Å²) in [5.74, 6) is 0.177. The van der Waals surface area contributed by atoms with E-state index in [0.29, 0.717) is 18.8 Å². The monoisotopic (exact) mass is 302 g/mol. The first kappa shape index (κ1) is 15.1. The Labute approximate surface area is 129 Å². The third-order valence-corrected chi connectivity index (χ3v) is 4.30. The Balaban J connectivity index is 1.86. The maximum atomic E-state index is 12.5. The number of nitrogens with one attached hydrogen (secondary N) is 1. The lowest BCUT2D eigenvalue weighted by Gasteiger charge is -2.13. The molecule has 1 aromatic heterocycles. The number of carbonyl (C=O) groups is 1. The molecule has 1 amide bonds. The first-order valence-corrected chi connectivity index (χ1v) is 7.59. The van der Waals surface area contributed by atoms with Crippen LogP contribution in [0.4, 0.5) is 0 Å². The number of para-hydroxylation sites is 1. The van der Waals surface area contributed by atoms with Gasteiger partial charge >= 0.3 is 0 Å². The van der Waals surface area contributed by atoms with Crippen molar-refractivity contribution in [1.82, 2.24) is 10.2 Å². The zero-order valence-electron chi connectivity index (χ0n) is 13.1. The maximum Gasteiger partial charge on any atom is 0.287 e. The van der Waals surface area contributed by atoms with Crippen molar-refractivity contribution in [1.29, 1.82) is 0 Å². The van der Waals surface area contributed by atoms with Gasteiger partial charge in [0.2, 0.25) is 0 Å². The predicted octanol–water partition coefficient (Wildman–Crippen LogP) is 2.00. The highest BCUT2D eigenvalue weighted by molar-refractivity contribution is 5.99. The fourth-order valence-electron chi connectivity index (χ4n) is 2.67. The van der Waals surface area contributed by atoms with Crippen LogP contribution in [0.15, 0.2) is 28.7 Å². The van der Waals surface area contributed by atoms with Gasteiger partial charge in [-0.05, 0) is 33.0 Å². The number of aliphatic hydroxyl groups is 1. The van der Waals surface area contributed by atoms with Gasteiger partial charge in [-0.3, -0.25) is 4.79 Å². The Morgan fingerprint density at radius 3 is 2.73 bits per heavy atom. The van der Waals surface area contributed by atoms with Gasteiger partial charge in [0.05, 0.1) is 6.61 Å². The normalized spacial score (nSPS) is 16.2. The molecule has 0 unspecified atom stereocenters. The Morgan fingerprint density at radius 2 is 2.09 bits per heavy atom. The van der Waals surface area contributed by atoms with Gasteiger partial charge in [-0.25, -0.2) is 0 Å². The van der Waals surface area contributed by atoms with Crippen molar-refractivity contribution in [2.75, 3.05) is 27.2 Å². The molecule has 2 aromatic rings. The molecule has 0 aliphatic heterocycles. The van der Waals surface area contributed by atoms with Crippen molar-refractivity contribution in [3.05, 3.63) is 35.6 Å². The van der Waals surface area contributed by atoms with E-state index in [2.05, 4.69) is 5.32 Å². The highest BCUT2D eigenvalue weighted by Crippen LogP contribution is 2.44. The van der Waals surface area contributed by atoms with Gasteiger partial charge in [0.15, 0.2) is 5.76 Å². The molecule has 1 saturated carbocycles. The van der Waals surface area contributed by atoms with E-state index >= 15 is 0 Å². The van der Waals surface area contributed by atoms with Crippen molar-refractivity contribution in [2.45, 2.75) is 19.4 Å². The molecule has 1 heterocycles. The second kappa shape index (κ2) is 5.74. The van der Waals surface area contributed by atoms with E-state index in [1.54, 1.807) is 0 Å². The fraction of sp³-hybridized carbons (Fsp3) is 0.471. The predicted molar refractivity (Wildman–Crippen MR) is 84.7 cm³/mol. The van der Waals surface area contributed by atoms with Crippen molar-refractivity contribution in [2.24, 2.45) is 5.41 Å². The number of amides is 1. The molecule has 5 nitrogen and oxygen atoms in total. The standard InChI is InChI=1S/C17H22N2O3/c1-19(2)9-13-12-5-3-4-6-14(12)22-15(13)16(21)18-10-17(11-20)7-8-17/h3-6,20H,7-11H2,1-2H3,(H,18,21). The van der Waals surface area contributed by atoms with Crippen LogP contribution >= 0.6 is 0 Å². The highest BCUT2D eigenvalue weighted by Gasteiger charge is 2.42. The van der Waals surface area contributed by atoms with E-state index in [-0.39, 0.29) is 17.9 Å². The zero-order valence-corrected chi connectivity index (χ0v) is 13.1. The molecule has 0 bridgehead atoms. The van der Waals surface area contributed by atoms with Crippen molar-refractivity contribution < 1.29 is 14.3 Å². The summed E-state index contributed by atoms with van der Waals surface area (Å²) >= 11 is 0. The van der Waals surface area contributed by atoms with Crippen LogP contribution in [0, 0.1) is 5.41 Å². The number of nitrogens with zero attached hydrogens (tertiary/aromatic N) is 1. The lowest BCUT2D eigenvalue weighted by Crippen LogP contribution is -2.32. The van der Waals surface area contributed by atoms with E-state index in [0.717, 1.165) is 29.4 Å². The topological polar surface area (TPSA) is 65.7 Å². The third kappa shape index (κ3) is 2.87. The van der Waals surface area contributed by atoms with Crippen LogP contribution in [0.25, 0.3) is 11.0 Å². The van der Waals surface area contributed by atoms with E-state index in [1.807, 2.05) is 43.3 Å². The fourth-order valence-corrected chi connectivity index (χ4v) is 2.67. The average molecular weight is 302 g/mol. The average Bonchev–Trinajstić information content (AvgIpc) is 3.21. The van der Waals surface area contributed by atoms with Crippen LogP contribution < -0.4 is 5.32 Å². The summed E-state index contributed by atoms with van der Waals surface area (Å²) in [4.78, 5) is 14.5. The van der Waals surface area contributed by atoms with E-state index < -0.39 is 0 Å². The number of fused-ring (bicyclic) bond motifs is 1. The number of hydrogen-bond donors (Lipinski definition) is 2. The maximum absolute atomic E-state index is 12.5. The molecule has 118 valence electrons. The lowest BCUT2D eigenvalue weighted by molar-refractivity contribution is 0.0907. The van der Waals surface area contributed by atoms with Crippen molar-refractivity contribution >= 4 is 16.9 Å². The second-order valence-corrected chi connectivity index (χ2v) is 6.48. The van der Waals surface area contributed by atoms with Crippen LogP contribution in [0.2, 0.25) is 0 Å². The van der Waals surface area contributed by atoms with Gasteiger partial charge in [0, 0.05) is 29.5 Å². The zero-order chi connectivity index (χ0) is 15.7. The summed E-state index contributed by atoms with van der Waals surface area (Å²) in [5.41, 5.74) is 1.53. The van der Waals surface area contributed by atoms with Crippen LogP contribution in [0.1, 0.15) is 29.0 Å². The number of hydrogen-bond acceptors (Lipinski definition) is 4.